The van der Waals surface area contributed by atoms with Gasteiger partial charge in [-0.25, -0.2) is 9.59 Å². The quantitative estimate of drug-likeness (QED) is 0.311. The lowest BCUT2D eigenvalue weighted by Gasteiger charge is -2.25. The van der Waals surface area contributed by atoms with Gasteiger partial charge < -0.3 is 25.7 Å². The van der Waals surface area contributed by atoms with Crippen LogP contribution in [0.25, 0.3) is 0 Å². The van der Waals surface area contributed by atoms with Crippen molar-refractivity contribution in [1.82, 2.24) is 5.32 Å². The third kappa shape index (κ3) is 7.21. The molecule has 0 saturated carbocycles. The molecule has 4 N–H and O–H groups in total. The van der Waals surface area contributed by atoms with Crippen LogP contribution in [-0.4, -0.2) is 40.8 Å². The van der Waals surface area contributed by atoms with Crippen LogP contribution in [0.5, 0.6) is 0 Å². The van der Waals surface area contributed by atoms with Crippen molar-refractivity contribution in [2.24, 2.45) is 10.9 Å². The normalized spacial score (nSPS) is 14.4. The van der Waals surface area contributed by atoms with Gasteiger partial charge in [-0.1, -0.05) is 30.3 Å². The van der Waals surface area contributed by atoms with Crippen LogP contribution in [-0.2, 0) is 9.57 Å². The van der Waals surface area contributed by atoms with E-state index in [4.69, 9.17) is 15.3 Å². The highest BCUT2D eigenvalue weighted by molar-refractivity contribution is 5.91. The summed E-state index contributed by atoms with van der Waals surface area (Å²) < 4.78 is 5.13. The molecule has 8 nitrogen and oxygen atoms in total. The number of ether oxygens (including phenoxy) is 1. The molecule has 0 heterocycles. The zero-order valence-electron chi connectivity index (χ0n) is 14.9. The van der Waals surface area contributed by atoms with Crippen molar-refractivity contribution >= 4 is 17.9 Å². The Kier molecular flexibility index (Phi) is 7.38. The summed E-state index contributed by atoms with van der Waals surface area (Å²) in [5.41, 5.74) is 5.28. The number of alkyl carbamates (subject to hydrolysis) is 1. The molecule has 25 heavy (non-hydrogen) atoms. The zero-order chi connectivity index (χ0) is 19.0. The number of carbonyl (C=O) groups excluding carboxylic acids is 2. The minimum atomic E-state index is -1.33. The van der Waals surface area contributed by atoms with Crippen LogP contribution in [0.15, 0.2) is 35.5 Å². The molecule has 1 aromatic rings. The standard InChI is InChI=1S/C17H25N3O5/c1-5-12(19-16(23)24-17(2,3)4)13(21)14(18)20-25-15(22)11-9-7-6-8-10-11/h6-10,12-13,21H,5H2,1-4H3,(H2,18,20)(H,19,23)/t12-,13?/m0/s1. The van der Waals surface area contributed by atoms with Gasteiger partial charge in [-0.05, 0) is 39.3 Å². The maximum absolute atomic E-state index is 11.8. The van der Waals surface area contributed by atoms with Gasteiger partial charge in [-0.15, -0.1) is 0 Å². The van der Waals surface area contributed by atoms with Crippen molar-refractivity contribution in [3.63, 3.8) is 0 Å². The Morgan fingerprint density at radius 2 is 1.88 bits per heavy atom. The van der Waals surface area contributed by atoms with E-state index >= 15 is 0 Å². The number of amides is 1. The first-order chi connectivity index (χ1) is 11.6. The summed E-state index contributed by atoms with van der Waals surface area (Å²) in [6.45, 7) is 6.92. The summed E-state index contributed by atoms with van der Waals surface area (Å²) in [5.74, 6) is -1.03. The SMILES string of the molecule is CC[C@H](NC(=O)OC(C)(C)C)C(O)C(N)=NOC(=O)c1ccccc1. The van der Waals surface area contributed by atoms with Crippen LogP contribution in [0, 0.1) is 0 Å². The number of amidine groups is 1. The Bertz CT molecular complexity index is 610. The maximum atomic E-state index is 11.8. The lowest BCUT2D eigenvalue weighted by molar-refractivity contribution is 0.0442. The monoisotopic (exact) mass is 351 g/mol. The summed E-state index contributed by atoms with van der Waals surface area (Å²) in [6, 6.07) is 7.49. The van der Waals surface area contributed by atoms with Crippen molar-refractivity contribution < 1.29 is 24.3 Å². The number of benzene rings is 1. The van der Waals surface area contributed by atoms with E-state index in [2.05, 4.69) is 10.5 Å². The molecule has 1 aromatic carbocycles. The predicted molar refractivity (Wildman–Crippen MR) is 92.9 cm³/mol. The smallest absolute Gasteiger partial charge is 0.407 e. The Hall–Kier alpha value is -2.61. The summed E-state index contributed by atoms with van der Waals surface area (Å²) in [4.78, 5) is 28.3. The number of carbonyl (C=O) groups is 2. The molecule has 1 unspecified atom stereocenters. The highest BCUT2D eigenvalue weighted by Crippen LogP contribution is 2.08. The fraction of sp³-hybridized carbons (Fsp3) is 0.471. The number of oxime groups is 1. The van der Waals surface area contributed by atoms with Gasteiger partial charge in [0.2, 0.25) is 0 Å². The number of aliphatic hydroxyl groups excluding tert-OH is 1. The molecule has 0 spiro atoms. The fourth-order valence-corrected chi connectivity index (χ4v) is 1.84. The number of hydrogen-bond acceptors (Lipinski definition) is 6. The number of nitrogens with two attached hydrogens (primary N) is 1. The molecule has 0 radical (unpaired) electrons. The van der Waals surface area contributed by atoms with E-state index in [1.807, 2.05) is 0 Å². The van der Waals surface area contributed by atoms with Crippen molar-refractivity contribution in [3.8, 4) is 0 Å². The van der Waals surface area contributed by atoms with Crippen LogP contribution in [0.1, 0.15) is 44.5 Å². The Labute approximate surface area is 147 Å². The second-order valence-corrected chi connectivity index (χ2v) is 6.37. The minimum absolute atomic E-state index is 0.299. The molecule has 0 fully saturated rings. The van der Waals surface area contributed by atoms with Gasteiger partial charge in [0.25, 0.3) is 0 Å². The second-order valence-electron chi connectivity index (χ2n) is 6.37. The largest absolute Gasteiger partial charge is 0.444 e. The molecular weight excluding hydrogens is 326 g/mol. The molecule has 1 rings (SSSR count). The van der Waals surface area contributed by atoms with Gasteiger partial charge in [-0.3, -0.25) is 0 Å². The first-order valence-electron chi connectivity index (χ1n) is 7.91. The van der Waals surface area contributed by atoms with Gasteiger partial charge in [0.1, 0.15) is 11.7 Å². The van der Waals surface area contributed by atoms with E-state index in [0.29, 0.717) is 12.0 Å². The van der Waals surface area contributed by atoms with Gasteiger partial charge in [-0.2, -0.15) is 0 Å². The van der Waals surface area contributed by atoms with Gasteiger partial charge in [0, 0.05) is 0 Å². The molecule has 138 valence electrons. The van der Waals surface area contributed by atoms with Crippen LogP contribution in [0.4, 0.5) is 4.79 Å². The van der Waals surface area contributed by atoms with Gasteiger partial charge in [0.05, 0.1) is 11.6 Å². The third-order valence-corrected chi connectivity index (χ3v) is 3.07. The number of aliphatic hydroxyl groups is 1. The molecule has 0 aromatic heterocycles. The van der Waals surface area contributed by atoms with Crippen LogP contribution < -0.4 is 11.1 Å². The van der Waals surface area contributed by atoms with Crippen molar-refractivity contribution in [3.05, 3.63) is 35.9 Å². The molecule has 1 amide bonds. The van der Waals surface area contributed by atoms with Crippen LogP contribution >= 0.6 is 0 Å². The van der Waals surface area contributed by atoms with Gasteiger partial charge >= 0.3 is 12.1 Å². The highest BCUT2D eigenvalue weighted by atomic mass is 16.7. The molecule has 0 saturated heterocycles. The molecule has 8 heteroatoms. The summed E-state index contributed by atoms with van der Waals surface area (Å²) in [7, 11) is 0. The van der Waals surface area contributed by atoms with Crippen LogP contribution in [0.3, 0.4) is 0 Å². The maximum Gasteiger partial charge on any atom is 0.407 e. The minimum Gasteiger partial charge on any atom is -0.444 e. The lowest BCUT2D eigenvalue weighted by Crippen LogP contribution is -2.50. The van der Waals surface area contributed by atoms with E-state index < -0.39 is 29.8 Å². The summed E-state index contributed by atoms with van der Waals surface area (Å²) in [5, 5.41) is 16.2. The molecular formula is C17H25N3O5. The number of hydrogen-bond donors (Lipinski definition) is 3. The second kappa shape index (κ2) is 9.03. The summed E-state index contributed by atoms with van der Waals surface area (Å²) >= 11 is 0. The third-order valence-electron chi connectivity index (χ3n) is 3.07. The average Bonchev–Trinajstić information content (AvgIpc) is 2.55. The molecule has 2 atom stereocenters. The van der Waals surface area contributed by atoms with Crippen LogP contribution in [0.2, 0.25) is 0 Å². The van der Waals surface area contributed by atoms with Crippen molar-refractivity contribution in [2.75, 3.05) is 0 Å². The number of nitrogens with zero attached hydrogens (tertiary/aromatic N) is 1. The van der Waals surface area contributed by atoms with E-state index in [1.165, 1.54) is 0 Å². The summed E-state index contributed by atoms with van der Waals surface area (Å²) in [6.07, 6.45) is -1.66. The average molecular weight is 351 g/mol. The number of rotatable bonds is 6. The van der Waals surface area contributed by atoms with E-state index in [1.54, 1.807) is 58.0 Å². The predicted octanol–water partition coefficient (Wildman–Crippen LogP) is 1.78. The lowest BCUT2D eigenvalue weighted by atomic mass is 10.1. The Balaban J connectivity index is 2.66. The zero-order valence-corrected chi connectivity index (χ0v) is 14.9. The van der Waals surface area contributed by atoms with E-state index in [-0.39, 0.29) is 5.84 Å². The number of nitrogens with one attached hydrogen (secondary N) is 1. The fourth-order valence-electron chi connectivity index (χ4n) is 1.84. The van der Waals surface area contributed by atoms with Gasteiger partial charge in [0.15, 0.2) is 5.84 Å². The van der Waals surface area contributed by atoms with E-state index in [0.717, 1.165) is 0 Å². The molecule has 0 aliphatic heterocycles. The molecule has 0 aliphatic carbocycles. The Morgan fingerprint density at radius 3 is 2.40 bits per heavy atom. The van der Waals surface area contributed by atoms with Crippen molar-refractivity contribution in [2.45, 2.75) is 51.9 Å². The van der Waals surface area contributed by atoms with E-state index in [9.17, 15) is 14.7 Å². The first-order valence-corrected chi connectivity index (χ1v) is 7.91. The van der Waals surface area contributed by atoms with Crippen molar-refractivity contribution in [1.29, 1.82) is 0 Å². The molecule has 0 aliphatic rings. The topological polar surface area (TPSA) is 123 Å². The first kappa shape index (κ1) is 20.4. The Morgan fingerprint density at radius 1 is 1.28 bits per heavy atom. The highest BCUT2D eigenvalue weighted by Gasteiger charge is 2.26. The molecule has 0 bridgehead atoms.